The molecule has 0 unspecified atom stereocenters. The number of anilines is 1. The summed E-state index contributed by atoms with van der Waals surface area (Å²) in [5.74, 6) is -0.484. The maximum absolute atomic E-state index is 12.7. The molecule has 2 N–H and O–H groups in total. The van der Waals surface area contributed by atoms with Crippen LogP contribution in [0.2, 0.25) is 0 Å². The summed E-state index contributed by atoms with van der Waals surface area (Å²) in [5, 5.41) is 5.42. The first kappa shape index (κ1) is 17.4. The Balaban J connectivity index is 1.48. The minimum absolute atomic E-state index is 0.174. The van der Waals surface area contributed by atoms with Crippen molar-refractivity contribution in [1.29, 1.82) is 0 Å². The predicted molar refractivity (Wildman–Crippen MR) is 116 cm³/mol. The molecule has 0 fully saturated rings. The number of hydrogen-bond donors (Lipinski definition) is 2. The number of carbonyl (C=O) groups excluding carboxylic acids is 2. The van der Waals surface area contributed by atoms with E-state index in [1.54, 1.807) is 37.4 Å². The number of nitrogens with zero attached hydrogens (tertiary/aromatic N) is 1. The highest BCUT2D eigenvalue weighted by atomic mass is 16.2. The Bertz CT molecular complexity index is 1180. The van der Waals surface area contributed by atoms with Crippen LogP contribution < -0.4 is 10.6 Å². The minimum Gasteiger partial charge on any atom is -0.355 e. The molecule has 1 aliphatic rings. The summed E-state index contributed by atoms with van der Waals surface area (Å²) in [5.41, 5.74) is 5.94. The second-order valence-corrected chi connectivity index (χ2v) is 6.97. The van der Waals surface area contributed by atoms with Crippen LogP contribution in [0, 0.1) is 6.92 Å². The van der Waals surface area contributed by atoms with Gasteiger partial charge < -0.3 is 10.6 Å². The summed E-state index contributed by atoms with van der Waals surface area (Å²) in [6, 6.07) is 18.8. The van der Waals surface area contributed by atoms with Crippen LogP contribution in [0.25, 0.3) is 11.1 Å². The topological polar surface area (TPSA) is 70.6 Å². The standard InChI is InChI=1S/C24H21N3O2/c1-15-3-5-16(6-4-15)17-7-10-20(11-8-17)26-24(29)22-14-19-13-18(23(28)25-2)9-12-21(19)27-22/h3-13H,14H2,1-2H3,(H,25,28)(H,26,29)/i7D. The molecule has 2 amide bonds. The number of nitrogens with one attached hydrogen (secondary N) is 2. The quantitative estimate of drug-likeness (QED) is 0.704. The highest BCUT2D eigenvalue weighted by molar-refractivity contribution is 6.44. The third-order valence-corrected chi connectivity index (χ3v) is 4.88. The lowest BCUT2D eigenvalue weighted by Crippen LogP contribution is -2.23. The lowest BCUT2D eigenvalue weighted by molar-refractivity contribution is -0.110. The first-order chi connectivity index (χ1) is 14.4. The number of aliphatic imine (C=N–C) groups is 1. The zero-order valence-corrected chi connectivity index (χ0v) is 16.2. The smallest absolute Gasteiger partial charge is 0.270 e. The van der Waals surface area contributed by atoms with E-state index in [0.29, 0.717) is 35.1 Å². The Labute approximate surface area is 170 Å². The molecule has 4 rings (SSSR count). The van der Waals surface area contributed by atoms with Crippen molar-refractivity contribution in [3.63, 3.8) is 0 Å². The zero-order chi connectivity index (χ0) is 21.3. The molecule has 0 aliphatic carbocycles. The van der Waals surface area contributed by atoms with E-state index >= 15 is 0 Å². The van der Waals surface area contributed by atoms with E-state index in [0.717, 1.165) is 22.3 Å². The van der Waals surface area contributed by atoms with Crippen molar-refractivity contribution in [2.75, 3.05) is 12.4 Å². The third-order valence-electron chi connectivity index (χ3n) is 4.88. The van der Waals surface area contributed by atoms with E-state index in [1.165, 1.54) is 0 Å². The number of aryl methyl sites for hydroxylation is 1. The molecule has 3 aromatic rings. The number of hydrogen-bond acceptors (Lipinski definition) is 3. The van der Waals surface area contributed by atoms with Gasteiger partial charge in [-0.1, -0.05) is 41.9 Å². The molecule has 0 spiro atoms. The van der Waals surface area contributed by atoms with E-state index in [1.807, 2.05) is 37.3 Å². The molecule has 0 saturated carbocycles. The molecule has 0 atom stereocenters. The fraction of sp³-hybridized carbons (Fsp3) is 0.125. The van der Waals surface area contributed by atoms with Gasteiger partial charge in [-0.3, -0.25) is 9.59 Å². The van der Waals surface area contributed by atoms with Gasteiger partial charge in [0.05, 0.1) is 7.06 Å². The Kier molecular flexibility index (Phi) is 4.62. The Morgan fingerprint density at radius 2 is 1.72 bits per heavy atom. The summed E-state index contributed by atoms with van der Waals surface area (Å²) in [7, 11) is 1.58. The normalized spacial score (nSPS) is 12.6. The van der Waals surface area contributed by atoms with Crippen molar-refractivity contribution < 1.29 is 11.0 Å². The van der Waals surface area contributed by atoms with Crippen molar-refractivity contribution in [1.82, 2.24) is 5.32 Å². The van der Waals surface area contributed by atoms with E-state index < -0.39 is 0 Å². The van der Waals surface area contributed by atoms with Crippen LogP contribution in [0.1, 0.15) is 22.9 Å². The van der Waals surface area contributed by atoms with Crippen molar-refractivity contribution in [2.24, 2.45) is 4.99 Å². The molecule has 1 aliphatic heterocycles. The predicted octanol–water partition coefficient (Wildman–Crippen LogP) is 4.29. The monoisotopic (exact) mass is 384 g/mol. The molecular formula is C24H21N3O2. The summed E-state index contributed by atoms with van der Waals surface area (Å²) in [6.07, 6.45) is 0.362. The number of benzene rings is 3. The van der Waals surface area contributed by atoms with Crippen LogP contribution in [0.5, 0.6) is 0 Å². The van der Waals surface area contributed by atoms with Gasteiger partial charge >= 0.3 is 0 Å². The average molecular weight is 384 g/mol. The molecule has 144 valence electrons. The van der Waals surface area contributed by atoms with Crippen LogP contribution in [0.15, 0.2) is 71.7 Å². The number of carbonyl (C=O) groups is 2. The maximum Gasteiger partial charge on any atom is 0.270 e. The second kappa shape index (κ2) is 7.72. The summed E-state index contributed by atoms with van der Waals surface area (Å²) < 4.78 is 8.32. The van der Waals surface area contributed by atoms with Gasteiger partial charge in [0.2, 0.25) is 0 Å². The highest BCUT2D eigenvalue weighted by Crippen LogP contribution is 2.28. The molecule has 29 heavy (non-hydrogen) atoms. The molecule has 0 aromatic heterocycles. The van der Waals surface area contributed by atoms with Gasteiger partial charge in [0.15, 0.2) is 0 Å². The van der Waals surface area contributed by atoms with Crippen LogP contribution in [-0.2, 0) is 11.2 Å². The first-order valence-electron chi connectivity index (χ1n) is 9.86. The van der Waals surface area contributed by atoms with E-state index in [4.69, 9.17) is 1.37 Å². The Hall–Kier alpha value is -3.73. The SMILES string of the molecule is [2H]c1cc(NC(=O)C2=Nc3ccc(C(=O)NC)cc3C2)ccc1-c1ccc(C)cc1. The fourth-order valence-electron chi connectivity index (χ4n) is 3.24. The Morgan fingerprint density at radius 1 is 0.966 bits per heavy atom. The molecule has 3 aromatic carbocycles. The maximum atomic E-state index is 12.7. The number of fused-ring (bicyclic) bond motifs is 1. The van der Waals surface area contributed by atoms with E-state index in [2.05, 4.69) is 15.6 Å². The second-order valence-electron chi connectivity index (χ2n) is 6.97. The fourth-order valence-corrected chi connectivity index (χ4v) is 3.24. The lowest BCUT2D eigenvalue weighted by atomic mass is 10.0. The molecule has 0 bridgehead atoms. The Morgan fingerprint density at radius 3 is 2.45 bits per heavy atom. The van der Waals surface area contributed by atoms with Crippen molar-refractivity contribution in [3.05, 3.63) is 83.4 Å². The van der Waals surface area contributed by atoms with Gasteiger partial charge in [-0.25, -0.2) is 4.99 Å². The van der Waals surface area contributed by atoms with Gasteiger partial charge in [0, 0.05) is 24.7 Å². The van der Waals surface area contributed by atoms with Gasteiger partial charge in [0.1, 0.15) is 5.71 Å². The first-order valence-corrected chi connectivity index (χ1v) is 9.36. The minimum atomic E-state index is -0.310. The van der Waals surface area contributed by atoms with Crippen molar-refractivity contribution in [2.45, 2.75) is 13.3 Å². The largest absolute Gasteiger partial charge is 0.355 e. The highest BCUT2D eigenvalue weighted by Gasteiger charge is 2.22. The van der Waals surface area contributed by atoms with E-state index in [9.17, 15) is 9.59 Å². The van der Waals surface area contributed by atoms with Crippen LogP contribution in [0.4, 0.5) is 11.4 Å². The molecule has 0 radical (unpaired) electrons. The average Bonchev–Trinajstić information content (AvgIpc) is 3.18. The van der Waals surface area contributed by atoms with Gasteiger partial charge in [0.25, 0.3) is 11.8 Å². The van der Waals surface area contributed by atoms with Gasteiger partial charge in [-0.15, -0.1) is 0 Å². The van der Waals surface area contributed by atoms with Crippen molar-refractivity contribution in [3.8, 4) is 11.1 Å². The summed E-state index contributed by atoms with van der Waals surface area (Å²) in [6.45, 7) is 2.02. The van der Waals surface area contributed by atoms with Crippen LogP contribution in [0.3, 0.4) is 0 Å². The molecular weight excluding hydrogens is 362 g/mol. The summed E-state index contributed by atoms with van der Waals surface area (Å²) >= 11 is 0. The lowest BCUT2D eigenvalue weighted by Gasteiger charge is -2.07. The van der Waals surface area contributed by atoms with Gasteiger partial charge in [-0.05, 0) is 53.9 Å². The summed E-state index contributed by atoms with van der Waals surface area (Å²) in [4.78, 5) is 28.9. The van der Waals surface area contributed by atoms with E-state index in [-0.39, 0.29) is 11.8 Å². The number of amides is 2. The molecule has 5 nitrogen and oxygen atoms in total. The van der Waals surface area contributed by atoms with Gasteiger partial charge in [-0.2, -0.15) is 0 Å². The van der Waals surface area contributed by atoms with Crippen LogP contribution >= 0.6 is 0 Å². The number of rotatable bonds is 4. The van der Waals surface area contributed by atoms with Crippen molar-refractivity contribution >= 4 is 28.9 Å². The zero-order valence-electron chi connectivity index (χ0n) is 17.2. The molecule has 5 heteroatoms. The molecule has 0 saturated heterocycles. The van der Waals surface area contributed by atoms with Crippen LogP contribution in [-0.4, -0.2) is 24.6 Å². The molecule has 1 heterocycles. The third kappa shape index (κ3) is 3.94.